The second-order valence-electron chi connectivity index (χ2n) is 7.46. The van der Waals surface area contributed by atoms with Crippen LogP contribution in [0.2, 0.25) is 5.02 Å². The number of carbonyl (C=O) groups excluding carboxylic acids is 1. The summed E-state index contributed by atoms with van der Waals surface area (Å²) in [7, 11) is -3.83. The van der Waals surface area contributed by atoms with Crippen LogP contribution in [0.3, 0.4) is 0 Å². The number of nitrogens with zero attached hydrogens (tertiary/aromatic N) is 3. The lowest BCUT2D eigenvalue weighted by molar-refractivity contribution is 0.0193. The third kappa shape index (κ3) is 5.79. The third-order valence-corrected chi connectivity index (χ3v) is 6.39. The Bertz CT molecular complexity index is 1220. The minimum atomic E-state index is -3.83. The molecule has 0 spiro atoms. The molecule has 1 aliphatic heterocycles. The normalized spacial score (nSPS) is 14.8. The van der Waals surface area contributed by atoms with Crippen LogP contribution in [0.25, 0.3) is 16.9 Å². The summed E-state index contributed by atoms with van der Waals surface area (Å²) in [5.41, 5.74) is 2.09. The first-order chi connectivity index (χ1) is 15.8. The monoisotopic (exact) mass is 490 g/mol. The van der Waals surface area contributed by atoms with Gasteiger partial charge in [-0.25, -0.2) is 23.0 Å². The van der Waals surface area contributed by atoms with Crippen molar-refractivity contribution >= 4 is 27.6 Å². The number of nitrogens with two attached hydrogens (primary N) is 1. The number of benzene rings is 2. The second-order valence-corrected chi connectivity index (χ2v) is 9.46. The molecule has 1 saturated heterocycles. The van der Waals surface area contributed by atoms with Crippen molar-refractivity contribution in [3.63, 3.8) is 0 Å². The van der Waals surface area contributed by atoms with Gasteiger partial charge in [-0.3, -0.25) is 4.90 Å². The smallest absolute Gasteiger partial charge is 0.358 e. The first kappa shape index (κ1) is 23.4. The van der Waals surface area contributed by atoms with Crippen LogP contribution in [0.5, 0.6) is 0 Å². The van der Waals surface area contributed by atoms with Gasteiger partial charge in [0.15, 0.2) is 5.69 Å². The molecular weight excluding hydrogens is 468 g/mol. The molecule has 1 aliphatic rings. The van der Waals surface area contributed by atoms with Crippen molar-refractivity contribution in [2.75, 3.05) is 39.5 Å². The Kier molecular flexibility index (Phi) is 7.11. The maximum Gasteiger partial charge on any atom is 0.358 e. The van der Waals surface area contributed by atoms with Gasteiger partial charge in [0.05, 0.1) is 29.5 Å². The molecule has 3 aromatic rings. The lowest BCUT2D eigenvalue weighted by atomic mass is 10.1. The van der Waals surface area contributed by atoms with E-state index in [1.807, 2.05) is 12.1 Å². The predicted molar refractivity (Wildman–Crippen MR) is 123 cm³/mol. The molecule has 174 valence electrons. The van der Waals surface area contributed by atoms with Crippen molar-refractivity contribution in [2.45, 2.75) is 4.90 Å². The van der Waals surface area contributed by atoms with Gasteiger partial charge < -0.3 is 9.47 Å². The topological polar surface area (TPSA) is 117 Å². The van der Waals surface area contributed by atoms with Gasteiger partial charge in [0.1, 0.15) is 6.61 Å². The number of morpholine rings is 1. The second kappa shape index (κ2) is 10.0. The first-order valence-corrected chi connectivity index (χ1v) is 12.2. The molecule has 4 rings (SSSR count). The summed E-state index contributed by atoms with van der Waals surface area (Å²) in [6, 6.07) is 14.6. The largest absolute Gasteiger partial charge is 0.460 e. The van der Waals surface area contributed by atoms with E-state index in [1.165, 1.54) is 12.1 Å². The third-order valence-electron chi connectivity index (χ3n) is 5.21. The summed E-state index contributed by atoms with van der Waals surface area (Å²) in [6.45, 7) is 3.82. The highest BCUT2D eigenvalue weighted by molar-refractivity contribution is 7.89. The van der Waals surface area contributed by atoms with E-state index in [0.29, 0.717) is 36.2 Å². The van der Waals surface area contributed by atoms with Gasteiger partial charge >= 0.3 is 5.97 Å². The molecule has 33 heavy (non-hydrogen) atoms. The van der Waals surface area contributed by atoms with Gasteiger partial charge in [0.25, 0.3) is 0 Å². The van der Waals surface area contributed by atoms with Crippen LogP contribution in [0.1, 0.15) is 10.5 Å². The first-order valence-electron chi connectivity index (χ1n) is 10.3. The van der Waals surface area contributed by atoms with Gasteiger partial charge in [-0.2, -0.15) is 5.10 Å². The fourth-order valence-corrected chi connectivity index (χ4v) is 4.09. The lowest BCUT2D eigenvalue weighted by Gasteiger charge is -2.26. The number of rotatable bonds is 7. The van der Waals surface area contributed by atoms with Gasteiger partial charge in [-0.15, -0.1) is 0 Å². The van der Waals surface area contributed by atoms with Crippen molar-refractivity contribution < 1.29 is 22.7 Å². The molecule has 9 nitrogen and oxygen atoms in total. The number of hydrogen-bond acceptors (Lipinski definition) is 7. The SMILES string of the molecule is NS(=O)(=O)c1ccc(-n2nc(C(=O)OCCN3CCOCC3)cc2-c2ccc(Cl)cc2)cc1. The minimum absolute atomic E-state index is 0.0193. The average Bonchev–Trinajstić information content (AvgIpc) is 3.25. The highest BCUT2D eigenvalue weighted by atomic mass is 35.5. The molecule has 0 saturated carbocycles. The number of carbonyl (C=O) groups is 1. The molecule has 0 bridgehead atoms. The summed E-state index contributed by atoms with van der Waals surface area (Å²) in [4.78, 5) is 14.8. The van der Waals surface area contributed by atoms with Crippen LogP contribution in [0.15, 0.2) is 59.5 Å². The standard InChI is InChI=1S/C22H23ClN4O5S/c23-17-3-1-16(2-4-17)21-15-20(22(28)32-14-11-26-9-12-31-13-10-26)25-27(21)18-5-7-19(8-6-18)33(24,29)30/h1-8,15H,9-14H2,(H2,24,29,30). The highest BCUT2D eigenvalue weighted by Gasteiger charge is 2.19. The summed E-state index contributed by atoms with van der Waals surface area (Å²) in [5.74, 6) is -0.543. The molecule has 0 aliphatic carbocycles. The Morgan fingerprint density at radius 3 is 2.39 bits per heavy atom. The highest BCUT2D eigenvalue weighted by Crippen LogP contribution is 2.26. The summed E-state index contributed by atoms with van der Waals surface area (Å²) < 4.78 is 35.5. The van der Waals surface area contributed by atoms with Crippen LogP contribution < -0.4 is 5.14 Å². The van der Waals surface area contributed by atoms with E-state index in [1.54, 1.807) is 35.0 Å². The number of halogens is 1. The van der Waals surface area contributed by atoms with Crippen LogP contribution in [-0.4, -0.2) is 68.5 Å². The van der Waals surface area contributed by atoms with Crippen molar-refractivity contribution in [1.29, 1.82) is 0 Å². The van der Waals surface area contributed by atoms with E-state index in [0.717, 1.165) is 18.7 Å². The molecule has 1 fully saturated rings. The number of sulfonamides is 1. The summed E-state index contributed by atoms with van der Waals surface area (Å²) >= 11 is 6.02. The zero-order valence-electron chi connectivity index (χ0n) is 17.7. The van der Waals surface area contributed by atoms with Crippen LogP contribution in [0, 0.1) is 0 Å². The van der Waals surface area contributed by atoms with Crippen molar-refractivity contribution in [1.82, 2.24) is 14.7 Å². The van der Waals surface area contributed by atoms with Crippen molar-refractivity contribution in [3.05, 3.63) is 65.3 Å². The Morgan fingerprint density at radius 1 is 1.09 bits per heavy atom. The van der Waals surface area contributed by atoms with E-state index in [4.69, 9.17) is 26.2 Å². The number of primary sulfonamides is 1. The Morgan fingerprint density at radius 2 is 1.76 bits per heavy atom. The van der Waals surface area contributed by atoms with Crippen LogP contribution >= 0.6 is 11.6 Å². The number of aromatic nitrogens is 2. The number of ether oxygens (including phenoxy) is 2. The molecule has 11 heteroatoms. The molecule has 0 atom stereocenters. The van der Waals surface area contributed by atoms with Crippen molar-refractivity contribution in [3.8, 4) is 16.9 Å². The molecule has 2 N–H and O–H groups in total. The van der Waals surface area contributed by atoms with E-state index in [-0.39, 0.29) is 17.2 Å². The fraction of sp³-hybridized carbons (Fsp3) is 0.273. The molecule has 0 unspecified atom stereocenters. The summed E-state index contributed by atoms with van der Waals surface area (Å²) in [5, 5.41) is 10.2. The lowest BCUT2D eigenvalue weighted by Crippen LogP contribution is -2.38. The molecule has 0 amide bonds. The predicted octanol–water partition coefficient (Wildman–Crippen LogP) is 2.33. The van der Waals surface area contributed by atoms with Gasteiger partial charge in [0.2, 0.25) is 10.0 Å². The zero-order chi connectivity index (χ0) is 23.4. The quantitative estimate of drug-likeness (QED) is 0.505. The van der Waals surface area contributed by atoms with E-state index in [2.05, 4.69) is 10.00 Å². The van der Waals surface area contributed by atoms with Crippen LogP contribution in [-0.2, 0) is 19.5 Å². The van der Waals surface area contributed by atoms with Crippen molar-refractivity contribution in [2.24, 2.45) is 5.14 Å². The van der Waals surface area contributed by atoms with Gasteiger partial charge in [-0.1, -0.05) is 23.7 Å². The van der Waals surface area contributed by atoms with Crippen LogP contribution in [0.4, 0.5) is 0 Å². The number of hydrogen-bond donors (Lipinski definition) is 1. The Labute approximate surface area is 196 Å². The van der Waals surface area contributed by atoms with E-state index < -0.39 is 16.0 Å². The maximum atomic E-state index is 12.7. The molecule has 2 aromatic carbocycles. The average molecular weight is 491 g/mol. The Hall–Kier alpha value is -2.76. The van der Waals surface area contributed by atoms with Gasteiger partial charge in [0, 0.05) is 30.2 Å². The molecule has 0 radical (unpaired) electrons. The Balaban J connectivity index is 1.59. The fourth-order valence-electron chi connectivity index (χ4n) is 3.45. The van der Waals surface area contributed by atoms with E-state index >= 15 is 0 Å². The van der Waals surface area contributed by atoms with Gasteiger partial charge in [-0.05, 0) is 42.5 Å². The maximum absolute atomic E-state index is 12.7. The number of esters is 1. The molecule has 2 heterocycles. The van der Waals surface area contributed by atoms with E-state index in [9.17, 15) is 13.2 Å². The minimum Gasteiger partial charge on any atom is -0.460 e. The molecular formula is C22H23ClN4O5S. The summed E-state index contributed by atoms with van der Waals surface area (Å²) in [6.07, 6.45) is 0. The molecule has 1 aromatic heterocycles. The zero-order valence-corrected chi connectivity index (χ0v) is 19.3.